The van der Waals surface area contributed by atoms with Crippen LogP contribution in [0.3, 0.4) is 0 Å². The lowest BCUT2D eigenvalue weighted by Gasteiger charge is -2.35. The lowest BCUT2D eigenvalue weighted by molar-refractivity contribution is -0.0415. The van der Waals surface area contributed by atoms with Crippen molar-refractivity contribution in [3.05, 3.63) is 22.2 Å². The molecule has 20 heavy (non-hydrogen) atoms. The Kier molecular flexibility index (Phi) is 4.19. The summed E-state index contributed by atoms with van der Waals surface area (Å²) >= 11 is 3.56. The molecule has 1 aromatic carbocycles. The SMILES string of the molecule is Cc1cc(NCC2CN3CCCC3CO2)c(Br)cc1N. The number of hydrogen-bond acceptors (Lipinski definition) is 4. The molecule has 3 N–H and O–H groups in total. The topological polar surface area (TPSA) is 50.5 Å². The summed E-state index contributed by atoms with van der Waals surface area (Å²) in [5.41, 5.74) is 8.90. The fourth-order valence-corrected chi connectivity index (χ4v) is 3.57. The van der Waals surface area contributed by atoms with Gasteiger partial charge in [0.15, 0.2) is 0 Å². The predicted octanol–water partition coefficient (Wildman–Crippen LogP) is 2.61. The van der Waals surface area contributed by atoms with E-state index in [9.17, 15) is 0 Å². The highest BCUT2D eigenvalue weighted by Crippen LogP contribution is 2.28. The van der Waals surface area contributed by atoms with E-state index in [-0.39, 0.29) is 6.10 Å². The van der Waals surface area contributed by atoms with Crippen LogP contribution in [0.2, 0.25) is 0 Å². The Bertz CT molecular complexity index is 494. The van der Waals surface area contributed by atoms with Gasteiger partial charge in [-0.1, -0.05) is 0 Å². The minimum absolute atomic E-state index is 0.272. The van der Waals surface area contributed by atoms with Gasteiger partial charge in [-0.2, -0.15) is 0 Å². The number of ether oxygens (including phenoxy) is 1. The van der Waals surface area contributed by atoms with Crippen molar-refractivity contribution in [2.24, 2.45) is 0 Å². The molecule has 5 heteroatoms. The number of rotatable bonds is 3. The van der Waals surface area contributed by atoms with Gasteiger partial charge in [-0.15, -0.1) is 0 Å². The number of anilines is 2. The average molecular weight is 340 g/mol. The van der Waals surface area contributed by atoms with E-state index in [1.165, 1.54) is 19.4 Å². The molecule has 0 radical (unpaired) electrons. The second-order valence-electron chi connectivity index (χ2n) is 5.82. The van der Waals surface area contributed by atoms with Gasteiger partial charge in [0.25, 0.3) is 0 Å². The smallest absolute Gasteiger partial charge is 0.0874 e. The van der Waals surface area contributed by atoms with Crippen molar-refractivity contribution >= 4 is 27.3 Å². The zero-order valence-electron chi connectivity index (χ0n) is 11.9. The minimum Gasteiger partial charge on any atom is -0.398 e. The molecule has 2 unspecified atom stereocenters. The van der Waals surface area contributed by atoms with Crippen LogP contribution in [-0.2, 0) is 4.74 Å². The fraction of sp³-hybridized carbons (Fsp3) is 0.600. The first-order valence-corrected chi connectivity index (χ1v) is 8.08. The van der Waals surface area contributed by atoms with Gasteiger partial charge < -0.3 is 15.8 Å². The van der Waals surface area contributed by atoms with E-state index in [2.05, 4.69) is 32.2 Å². The molecule has 1 aromatic rings. The minimum atomic E-state index is 0.272. The lowest BCUT2D eigenvalue weighted by Crippen LogP contribution is -2.48. The summed E-state index contributed by atoms with van der Waals surface area (Å²) in [5.74, 6) is 0. The van der Waals surface area contributed by atoms with Crippen LogP contribution in [0.15, 0.2) is 16.6 Å². The van der Waals surface area contributed by atoms with E-state index in [0.29, 0.717) is 6.04 Å². The zero-order valence-corrected chi connectivity index (χ0v) is 13.4. The number of nitrogens with two attached hydrogens (primary N) is 1. The number of nitrogens with zero attached hydrogens (tertiary/aromatic N) is 1. The van der Waals surface area contributed by atoms with Gasteiger partial charge >= 0.3 is 0 Å². The maximum atomic E-state index is 5.96. The highest BCUT2D eigenvalue weighted by Gasteiger charge is 2.31. The van der Waals surface area contributed by atoms with E-state index in [1.54, 1.807) is 0 Å². The van der Waals surface area contributed by atoms with Gasteiger partial charge in [0.05, 0.1) is 12.7 Å². The van der Waals surface area contributed by atoms with Gasteiger partial charge in [0.2, 0.25) is 0 Å². The first kappa shape index (κ1) is 14.2. The summed E-state index contributed by atoms with van der Waals surface area (Å²) in [7, 11) is 0. The van der Waals surface area contributed by atoms with Gasteiger partial charge in [-0.05, 0) is 59.9 Å². The first-order valence-electron chi connectivity index (χ1n) is 7.28. The lowest BCUT2D eigenvalue weighted by atomic mass is 10.1. The second kappa shape index (κ2) is 5.92. The maximum absolute atomic E-state index is 5.96. The fourth-order valence-electron chi connectivity index (χ4n) is 3.07. The summed E-state index contributed by atoms with van der Waals surface area (Å²) in [4.78, 5) is 2.57. The largest absolute Gasteiger partial charge is 0.398 e. The number of benzene rings is 1. The Balaban J connectivity index is 1.58. The molecule has 2 aliphatic rings. The van der Waals surface area contributed by atoms with Crippen molar-refractivity contribution in [2.45, 2.75) is 31.9 Å². The van der Waals surface area contributed by atoms with E-state index >= 15 is 0 Å². The number of aryl methyl sites for hydroxylation is 1. The monoisotopic (exact) mass is 339 g/mol. The maximum Gasteiger partial charge on any atom is 0.0874 e. The van der Waals surface area contributed by atoms with Crippen molar-refractivity contribution in [3.8, 4) is 0 Å². The molecule has 0 amide bonds. The van der Waals surface area contributed by atoms with E-state index < -0.39 is 0 Å². The summed E-state index contributed by atoms with van der Waals surface area (Å²) in [6.45, 7) is 6.02. The van der Waals surface area contributed by atoms with Crippen LogP contribution in [0.4, 0.5) is 11.4 Å². The predicted molar refractivity (Wildman–Crippen MR) is 86.1 cm³/mol. The number of nitrogens with one attached hydrogen (secondary N) is 1. The molecule has 0 aromatic heterocycles. The first-order chi connectivity index (χ1) is 9.63. The quantitative estimate of drug-likeness (QED) is 0.831. The number of halogens is 1. The zero-order chi connectivity index (χ0) is 14.1. The second-order valence-corrected chi connectivity index (χ2v) is 6.67. The molecule has 0 spiro atoms. The summed E-state index contributed by atoms with van der Waals surface area (Å²) < 4.78 is 6.97. The van der Waals surface area contributed by atoms with Crippen LogP contribution in [0, 0.1) is 6.92 Å². The summed E-state index contributed by atoms with van der Waals surface area (Å²) in [6.07, 6.45) is 2.88. The van der Waals surface area contributed by atoms with E-state index in [1.807, 2.05) is 13.0 Å². The van der Waals surface area contributed by atoms with Crippen molar-refractivity contribution < 1.29 is 4.74 Å². The molecule has 0 saturated carbocycles. The van der Waals surface area contributed by atoms with Crippen molar-refractivity contribution in [3.63, 3.8) is 0 Å². The van der Waals surface area contributed by atoms with Gasteiger partial charge in [-0.25, -0.2) is 0 Å². The Morgan fingerprint density at radius 3 is 3.20 bits per heavy atom. The number of fused-ring (bicyclic) bond motifs is 1. The molecule has 2 fully saturated rings. The van der Waals surface area contributed by atoms with Crippen LogP contribution in [0.1, 0.15) is 18.4 Å². The Hall–Kier alpha value is -0.780. The van der Waals surface area contributed by atoms with Crippen molar-refractivity contribution in [2.75, 3.05) is 37.3 Å². The van der Waals surface area contributed by atoms with E-state index in [4.69, 9.17) is 10.5 Å². The molecule has 2 aliphatic heterocycles. The molecule has 2 atom stereocenters. The van der Waals surface area contributed by atoms with Crippen molar-refractivity contribution in [1.29, 1.82) is 0 Å². The van der Waals surface area contributed by atoms with Gasteiger partial charge in [0, 0.05) is 35.0 Å². The number of nitrogen functional groups attached to an aromatic ring is 1. The van der Waals surface area contributed by atoms with Crippen LogP contribution >= 0.6 is 15.9 Å². The highest BCUT2D eigenvalue weighted by molar-refractivity contribution is 9.10. The van der Waals surface area contributed by atoms with Crippen molar-refractivity contribution in [1.82, 2.24) is 4.90 Å². The normalized spacial score (nSPS) is 26.5. The van der Waals surface area contributed by atoms with Gasteiger partial charge in [-0.3, -0.25) is 4.90 Å². The molecule has 0 bridgehead atoms. The van der Waals surface area contributed by atoms with Crippen LogP contribution in [0.5, 0.6) is 0 Å². The van der Waals surface area contributed by atoms with Crippen LogP contribution in [0.25, 0.3) is 0 Å². The van der Waals surface area contributed by atoms with Crippen LogP contribution < -0.4 is 11.1 Å². The third kappa shape index (κ3) is 2.95. The molecule has 2 saturated heterocycles. The summed E-state index contributed by atoms with van der Waals surface area (Å²) in [5, 5.41) is 3.48. The molecule has 2 heterocycles. The molecule has 4 nitrogen and oxygen atoms in total. The molecule has 0 aliphatic carbocycles. The molecule has 3 rings (SSSR count). The van der Waals surface area contributed by atoms with E-state index in [0.717, 1.165) is 41.1 Å². The Morgan fingerprint density at radius 2 is 2.35 bits per heavy atom. The standard InChI is InChI=1S/C15H22BrN3O/c1-10-5-15(13(16)6-14(10)17)18-7-12-8-19-4-2-3-11(19)9-20-12/h5-6,11-12,18H,2-4,7-9,17H2,1H3. The van der Waals surface area contributed by atoms with Crippen LogP contribution in [-0.4, -0.2) is 43.3 Å². The molecule has 110 valence electrons. The average Bonchev–Trinajstić information content (AvgIpc) is 2.89. The third-order valence-electron chi connectivity index (χ3n) is 4.34. The third-order valence-corrected chi connectivity index (χ3v) is 4.99. The molecular formula is C15H22BrN3O. The molecular weight excluding hydrogens is 318 g/mol. The Morgan fingerprint density at radius 1 is 1.50 bits per heavy atom. The summed E-state index contributed by atoms with van der Waals surface area (Å²) in [6, 6.07) is 4.70. The van der Waals surface area contributed by atoms with Gasteiger partial charge in [0.1, 0.15) is 0 Å². The number of morpholine rings is 1. The Labute approximate surface area is 128 Å². The number of hydrogen-bond donors (Lipinski definition) is 2. The highest BCUT2D eigenvalue weighted by atomic mass is 79.9.